The highest BCUT2D eigenvalue weighted by Gasteiger charge is 2.02. The van der Waals surface area contributed by atoms with Crippen LogP contribution < -0.4 is 0 Å². The van der Waals surface area contributed by atoms with E-state index in [1.165, 1.54) is 16.5 Å². The first kappa shape index (κ1) is 9.28. The van der Waals surface area contributed by atoms with Gasteiger partial charge in [0.05, 0.1) is 12.8 Å². The molecular formula is C14H13NO. The molecule has 0 amide bonds. The third kappa shape index (κ3) is 1.52. The van der Waals surface area contributed by atoms with Gasteiger partial charge in [0.25, 0.3) is 0 Å². The molecule has 0 atom stereocenters. The van der Waals surface area contributed by atoms with Gasteiger partial charge in [0, 0.05) is 11.7 Å². The molecule has 0 fully saturated rings. The van der Waals surface area contributed by atoms with Crippen molar-refractivity contribution < 1.29 is 4.42 Å². The molecule has 2 heteroatoms. The van der Waals surface area contributed by atoms with Gasteiger partial charge in [-0.25, -0.2) is 0 Å². The van der Waals surface area contributed by atoms with Crippen molar-refractivity contribution in [2.75, 3.05) is 0 Å². The summed E-state index contributed by atoms with van der Waals surface area (Å²) in [5.74, 6) is 0.984. The molecule has 3 rings (SSSR count). The molecule has 0 aliphatic carbocycles. The summed E-state index contributed by atoms with van der Waals surface area (Å²) in [7, 11) is 0. The average Bonchev–Trinajstić information content (AvgIpc) is 2.89. The zero-order valence-corrected chi connectivity index (χ0v) is 9.18. The molecular weight excluding hydrogens is 198 g/mol. The van der Waals surface area contributed by atoms with Crippen molar-refractivity contribution in [2.24, 2.45) is 0 Å². The molecule has 0 aliphatic heterocycles. The van der Waals surface area contributed by atoms with Crippen LogP contribution in [0.15, 0.2) is 53.3 Å². The number of aromatic nitrogens is 1. The minimum Gasteiger partial charge on any atom is -0.467 e. The molecule has 0 unspecified atom stereocenters. The van der Waals surface area contributed by atoms with Gasteiger partial charge < -0.3 is 8.98 Å². The summed E-state index contributed by atoms with van der Waals surface area (Å²) >= 11 is 0. The lowest BCUT2D eigenvalue weighted by Crippen LogP contribution is -1.95. The van der Waals surface area contributed by atoms with Crippen molar-refractivity contribution in [1.29, 1.82) is 0 Å². The van der Waals surface area contributed by atoms with Gasteiger partial charge in [-0.05, 0) is 42.6 Å². The topological polar surface area (TPSA) is 18.1 Å². The van der Waals surface area contributed by atoms with E-state index >= 15 is 0 Å². The lowest BCUT2D eigenvalue weighted by molar-refractivity contribution is 0.497. The predicted octanol–water partition coefficient (Wildman–Crippen LogP) is 3.59. The van der Waals surface area contributed by atoms with Gasteiger partial charge >= 0.3 is 0 Å². The maximum Gasteiger partial charge on any atom is 0.123 e. The zero-order valence-electron chi connectivity index (χ0n) is 9.18. The van der Waals surface area contributed by atoms with Crippen LogP contribution in [0, 0.1) is 6.92 Å². The van der Waals surface area contributed by atoms with Crippen LogP contribution in [-0.2, 0) is 6.54 Å². The molecule has 0 saturated carbocycles. The van der Waals surface area contributed by atoms with Gasteiger partial charge in [0.2, 0.25) is 0 Å². The molecule has 2 heterocycles. The molecule has 0 N–H and O–H groups in total. The summed E-state index contributed by atoms with van der Waals surface area (Å²) in [5.41, 5.74) is 2.55. The van der Waals surface area contributed by atoms with Crippen molar-refractivity contribution >= 4 is 10.9 Å². The number of nitrogens with zero attached hydrogens (tertiary/aromatic N) is 1. The first-order valence-electron chi connectivity index (χ1n) is 5.41. The highest BCUT2D eigenvalue weighted by Crippen LogP contribution is 2.18. The summed E-state index contributed by atoms with van der Waals surface area (Å²) in [5, 5.41) is 1.28. The molecule has 16 heavy (non-hydrogen) atoms. The van der Waals surface area contributed by atoms with Crippen LogP contribution in [0.5, 0.6) is 0 Å². The molecule has 2 nitrogen and oxygen atoms in total. The predicted molar refractivity (Wildman–Crippen MR) is 64.5 cm³/mol. The average molecular weight is 211 g/mol. The van der Waals surface area contributed by atoms with E-state index < -0.39 is 0 Å². The zero-order chi connectivity index (χ0) is 11.0. The summed E-state index contributed by atoms with van der Waals surface area (Å²) in [4.78, 5) is 0. The fourth-order valence-electron chi connectivity index (χ4n) is 2.03. The Bertz CT molecular complexity index is 605. The van der Waals surface area contributed by atoms with Gasteiger partial charge in [-0.2, -0.15) is 0 Å². The molecule has 0 radical (unpaired) electrons. The van der Waals surface area contributed by atoms with Crippen molar-refractivity contribution in [1.82, 2.24) is 4.57 Å². The van der Waals surface area contributed by atoms with Crippen molar-refractivity contribution in [3.63, 3.8) is 0 Å². The normalized spacial score (nSPS) is 11.1. The Morgan fingerprint density at radius 3 is 2.94 bits per heavy atom. The number of fused-ring (bicyclic) bond motifs is 1. The van der Waals surface area contributed by atoms with E-state index in [1.54, 1.807) is 6.26 Å². The SMILES string of the molecule is Cc1ccc2c(ccn2Cc2ccco2)c1. The Balaban J connectivity index is 2.04. The number of furan rings is 1. The Morgan fingerprint density at radius 2 is 2.12 bits per heavy atom. The summed E-state index contributed by atoms with van der Waals surface area (Å²) in [6, 6.07) is 12.6. The number of benzene rings is 1. The molecule has 80 valence electrons. The molecule has 0 saturated heterocycles. The third-order valence-electron chi connectivity index (χ3n) is 2.83. The van der Waals surface area contributed by atoms with Crippen LogP contribution in [0.25, 0.3) is 10.9 Å². The largest absolute Gasteiger partial charge is 0.467 e. The van der Waals surface area contributed by atoms with E-state index in [4.69, 9.17) is 4.42 Å². The maximum absolute atomic E-state index is 5.36. The Hall–Kier alpha value is -1.96. The van der Waals surface area contributed by atoms with Crippen LogP contribution in [0.2, 0.25) is 0 Å². The van der Waals surface area contributed by atoms with Gasteiger partial charge in [-0.15, -0.1) is 0 Å². The lowest BCUT2D eigenvalue weighted by atomic mass is 10.2. The van der Waals surface area contributed by atoms with Crippen LogP contribution in [-0.4, -0.2) is 4.57 Å². The Morgan fingerprint density at radius 1 is 1.19 bits per heavy atom. The number of aryl methyl sites for hydroxylation is 1. The van der Waals surface area contributed by atoms with Gasteiger partial charge in [-0.1, -0.05) is 11.6 Å². The van der Waals surface area contributed by atoms with Gasteiger partial charge in [-0.3, -0.25) is 0 Å². The second-order valence-electron chi connectivity index (χ2n) is 4.09. The van der Waals surface area contributed by atoms with E-state index in [2.05, 4.69) is 42.0 Å². The molecule has 2 aromatic heterocycles. The monoisotopic (exact) mass is 211 g/mol. The lowest BCUT2D eigenvalue weighted by Gasteiger charge is -2.03. The van der Waals surface area contributed by atoms with Gasteiger partial charge in [0.15, 0.2) is 0 Å². The Labute approximate surface area is 94.1 Å². The van der Waals surface area contributed by atoms with E-state index in [1.807, 2.05) is 12.1 Å². The standard InChI is InChI=1S/C14H13NO/c1-11-4-5-14-12(9-11)6-7-15(14)10-13-3-2-8-16-13/h2-9H,10H2,1H3. The smallest absolute Gasteiger partial charge is 0.123 e. The van der Waals surface area contributed by atoms with Crippen LogP contribution in [0.4, 0.5) is 0 Å². The van der Waals surface area contributed by atoms with E-state index in [0.29, 0.717) is 0 Å². The van der Waals surface area contributed by atoms with E-state index in [-0.39, 0.29) is 0 Å². The highest BCUT2D eigenvalue weighted by molar-refractivity contribution is 5.80. The summed E-state index contributed by atoms with van der Waals surface area (Å²) in [6.45, 7) is 2.91. The fraction of sp³-hybridized carbons (Fsp3) is 0.143. The van der Waals surface area contributed by atoms with Gasteiger partial charge in [0.1, 0.15) is 5.76 Å². The third-order valence-corrected chi connectivity index (χ3v) is 2.83. The molecule has 0 spiro atoms. The van der Waals surface area contributed by atoms with Crippen LogP contribution >= 0.6 is 0 Å². The number of rotatable bonds is 2. The molecule has 0 bridgehead atoms. The van der Waals surface area contributed by atoms with Crippen molar-refractivity contribution in [2.45, 2.75) is 13.5 Å². The maximum atomic E-state index is 5.36. The van der Waals surface area contributed by atoms with E-state index in [9.17, 15) is 0 Å². The van der Waals surface area contributed by atoms with Crippen LogP contribution in [0.3, 0.4) is 0 Å². The van der Waals surface area contributed by atoms with Crippen LogP contribution in [0.1, 0.15) is 11.3 Å². The molecule has 3 aromatic rings. The fourth-order valence-corrected chi connectivity index (χ4v) is 2.03. The second kappa shape index (κ2) is 3.56. The Kier molecular flexibility index (Phi) is 2.07. The van der Waals surface area contributed by atoms with Crippen molar-refractivity contribution in [3.8, 4) is 0 Å². The minimum atomic E-state index is 0.791. The quantitative estimate of drug-likeness (QED) is 0.633. The first-order valence-corrected chi connectivity index (χ1v) is 5.41. The van der Waals surface area contributed by atoms with E-state index in [0.717, 1.165) is 12.3 Å². The second-order valence-corrected chi connectivity index (χ2v) is 4.09. The minimum absolute atomic E-state index is 0.791. The summed E-state index contributed by atoms with van der Waals surface area (Å²) < 4.78 is 7.56. The molecule has 1 aromatic carbocycles. The van der Waals surface area contributed by atoms with Crippen molar-refractivity contribution in [3.05, 3.63) is 60.2 Å². The summed E-state index contributed by atoms with van der Waals surface area (Å²) in [6.07, 6.45) is 3.82. The highest BCUT2D eigenvalue weighted by atomic mass is 16.3. The number of hydrogen-bond donors (Lipinski definition) is 0. The molecule has 0 aliphatic rings. The number of hydrogen-bond acceptors (Lipinski definition) is 1. The first-order chi connectivity index (χ1) is 7.83.